The van der Waals surface area contributed by atoms with Crippen molar-refractivity contribution in [1.29, 1.82) is 0 Å². The summed E-state index contributed by atoms with van der Waals surface area (Å²) in [6, 6.07) is 16.9. The first-order chi connectivity index (χ1) is 40.7. The van der Waals surface area contributed by atoms with Gasteiger partial charge in [0.1, 0.15) is 57.7 Å². The first kappa shape index (κ1) is 56.1. The maximum atomic E-state index is 13.4. The summed E-state index contributed by atoms with van der Waals surface area (Å²) < 4.78 is 62.5. The van der Waals surface area contributed by atoms with E-state index in [9.17, 15) is 36.7 Å². The second-order valence-corrected chi connectivity index (χ2v) is 22.7. The van der Waals surface area contributed by atoms with Crippen LogP contribution in [0.3, 0.4) is 0 Å². The number of hydrogen-bond acceptors (Lipinski definition) is 14. The Morgan fingerprint density at radius 2 is 1.23 bits per heavy atom. The third-order valence-electron chi connectivity index (χ3n) is 17.1. The predicted octanol–water partition coefficient (Wildman–Crippen LogP) is 10.0. The molecule has 2 N–H and O–H groups in total. The van der Waals surface area contributed by atoms with Crippen molar-refractivity contribution in [3.05, 3.63) is 150 Å². The lowest BCUT2D eigenvalue weighted by atomic mass is 10.1. The van der Waals surface area contributed by atoms with Crippen molar-refractivity contribution >= 4 is 50.9 Å². The Balaban J connectivity index is 0.000000110. The molecule has 84 heavy (non-hydrogen) atoms. The number of primary amides is 1. The number of halogens is 5. The number of ether oxygens (including phenoxy) is 1. The standard InChI is InChI=1S/C20H16FN7O.C13H12FN3.C13H13FN2O2.C7H5BrFNO.C7H11NO/c21-12-3-5-14(23-8-12)16-17(28-13-4-1-10(7-13)19(28)24-16)11-2-6-15-25-26-20(18(22)29)27(15)9-11;14-9-2-4-11(15-6-9)12-7-17-10-3-1-8(5-10)13(17)16-12;14-9-2-4-11(15-6-9)12(17)7-16-10-3-1-8(5-10)13(16)18;8-3-7(11)6-2-1-5(9)4-10-6;1-9-7-5-2-3-6(4-5)8-7/h2-3,5-6,8-10,13H,1,4,7H2,(H2,22,29);2,4,6-8,10H,1,3,5H2;2,4,6,8,10H,1,3,5,7H2;1-2,4H,3H2;5-6H,2-4H2,1H3. The van der Waals surface area contributed by atoms with Gasteiger partial charge in [0.25, 0.3) is 5.91 Å². The van der Waals surface area contributed by atoms with Gasteiger partial charge >= 0.3 is 0 Å². The highest BCUT2D eigenvalue weighted by Gasteiger charge is 2.46. The number of hydrogen-bond donors (Lipinski definition) is 1. The zero-order valence-electron chi connectivity index (χ0n) is 45.6. The quantitative estimate of drug-likeness (QED) is 0.0805. The molecule has 0 spiro atoms. The highest BCUT2D eigenvalue weighted by molar-refractivity contribution is 9.09. The maximum absolute atomic E-state index is 13.4. The Morgan fingerprint density at radius 1 is 0.619 bits per heavy atom. The maximum Gasteiger partial charge on any atom is 0.287 e. The molecule has 19 nitrogen and oxygen atoms in total. The Morgan fingerprint density at radius 3 is 1.80 bits per heavy atom. The van der Waals surface area contributed by atoms with E-state index in [1.807, 2.05) is 6.07 Å². The molecular weight excluding hydrogens is 1150 g/mol. The first-order valence-corrected chi connectivity index (χ1v) is 29.2. The van der Waals surface area contributed by atoms with E-state index in [0.717, 1.165) is 85.3 Å². The molecule has 432 valence electrons. The lowest BCUT2D eigenvalue weighted by molar-refractivity contribution is -0.133. The van der Waals surface area contributed by atoms with Crippen molar-refractivity contribution in [1.82, 2.24) is 58.5 Å². The number of rotatable bonds is 9. The van der Waals surface area contributed by atoms with E-state index in [0.29, 0.717) is 52.9 Å². The molecule has 1 saturated heterocycles. The van der Waals surface area contributed by atoms with Gasteiger partial charge in [-0.1, -0.05) is 15.9 Å². The number of ketones is 2. The summed E-state index contributed by atoms with van der Waals surface area (Å²) in [5.41, 5.74) is 11.2. The zero-order valence-corrected chi connectivity index (χ0v) is 47.2. The number of methoxy groups -OCH3 is 1. The van der Waals surface area contributed by atoms with E-state index in [1.165, 1.54) is 93.1 Å². The van der Waals surface area contributed by atoms with Crippen molar-refractivity contribution in [3.8, 4) is 34.0 Å². The lowest BCUT2D eigenvalue weighted by Gasteiger charge is -2.26. The van der Waals surface area contributed by atoms with Crippen LogP contribution in [-0.2, 0) is 9.53 Å². The Hall–Kier alpha value is -8.41. The van der Waals surface area contributed by atoms with E-state index in [1.54, 1.807) is 40.8 Å². The number of fused-ring (bicyclic) bond motifs is 15. The molecule has 2 amide bonds. The second-order valence-electron chi connectivity index (χ2n) is 22.2. The summed E-state index contributed by atoms with van der Waals surface area (Å²) in [5.74, 6) is 2.66. The van der Waals surface area contributed by atoms with Crippen LogP contribution in [0.5, 0.6) is 0 Å². The highest BCUT2D eigenvalue weighted by Crippen LogP contribution is 2.53. The largest absolute Gasteiger partial charge is 0.484 e. The van der Waals surface area contributed by atoms with Crippen LogP contribution in [0.4, 0.5) is 17.6 Å². The molecule has 4 aliphatic heterocycles. The molecule has 8 aromatic rings. The van der Waals surface area contributed by atoms with Crippen LogP contribution >= 0.6 is 15.9 Å². The molecule has 4 aliphatic carbocycles. The number of imidazole rings is 2. The number of nitrogens with zero attached hydrogens (tertiary/aromatic N) is 13. The fourth-order valence-electron chi connectivity index (χ4n) is 13.1. The topological polar surface area (TPSA) is 237 Å². The monoisotopic (exact) mass is 1210 g/mol. The second kappa shape index (κ2) is 23.7. The number of amides is 2. The van der Waals surface area contributed by atoms with Gasteiger partial charge < -0.3 is 24.5 Å². The number of nitrogens with two attached hydrogens (primary N) is 1. The molecule has 5 fully saturated rings. The van der Waals surface area contributed by atoms with Crippen molar-refractivity contribution in [2.24, 2.45) is 22.6 Å². The van der Waals surface area contributed by atoms with Gasteiger partial charge in [0, 0.05) is 59.8 Å². The normalized spacial score (nSPS) is 22.9. The minimum atomic E-state index is -0.646. The van der Waals surface area contributed by atoms with Gasteiger partial charge in [-0.3, -0.25) is 48.5 Å². The number of aromatic nitrogens is 11. The van der Waals surface area contributed by atoms with Gasteiger partial charge in [-0.25, -0.2) is 27.5 Å². The minimum Gasteiger partial charge on any atom is -0.484 e. The number of likely N-dealkylation sites (tertiary alicyclic amines) is 1. The number of aliphatic imine (C=N–C) groups is 1. The van der Waals surface area contributed by atoms with E-state index in [4.69, 9.17) is 15.5 Å². The van der Waals surface area contributed by atoms with Crippen LogP contribution in [0.15, 0.2) is 103 Å². The van der Waals surface area contributed by atoms with Crippen LogP contribution in [0.25, 0.3) is 39.7 Å². The molecule has 24 heteroatoms. The average Bonchev–Trinajstić information content (AvgIpc) is 4.30. The molecule has 12 heterocycles. The van der Waals surface area contributed by atoms with E-state index in [-0.39, 0.29) is 70.2 Å². The van der Waals surface area contributed by atoms with E-state index < -0.39 is 17.5 Å². The summed E-state index contributed by atoms with van der Waals surface area (Å²) in [4.78, 5) is 77.7. The van der Waals surface area contributed by atoms with Gasteiger partial charge in [-0.2, -0.15) is 0 Å². The SMILES string of the molecule is COC1=NC2CCC1C2.Fc1ccc(-c2cn3c(n2)C2CCC3C2)nc1.NC(=O)c1nnc2ccc(-c3c(-c4ccc(F)cn4)nc4n3C3CCC4C3)cn12.O=C(CBr)c1ccc(F)cn1.O=C(CN1C(=O)C2CCC1C2)c1ccc(F)cn1. The molecule has 8 unspecified atom stereocenters. The molecule has 0 aromatic carbocycles. The molecule has 8 bridgehead atoms. The van der Waals surface area contributed by atoms with Crippen LogP contribution in [-0.4, -0.2) is 119 Å². The van der Waals surface area contributed by atoms with E-state index in [2.05, 4.69) is 71.4 Å². The van der Waals surface area contributed by atoms with Crippen molar-refractivity contribution in [2.45, 2.75) is 113 Å². The predicted molar refractivity (Wildman–Crippen MR) is 302 cm³/mol. The van der Waals surface area contributed by atoms with Crippen molar-refractivity contribution < 1.29 is 41.5 Å². The van der Waals surface area contributed by atoms with E-state index >= 15 is 0 Å². The summed E-state index contributed by atoms with van der Waals surface area (Å²) >= 11 is 2.99. The van der Waals surface area contributed by atoms with Crippen LogP contribution < -0.4 is 5.73 Å². The molecule has 4 saturated carbocycles. The summed E-state index contributed by atoms with van der Waals surface area (Å²) in [7, 11) is 1.72. The fourth-order valence-corrected chi connectivity index (χ4v) is 13.4. The fraction of sp³-hybridized carbons (Fsp3) is 0.383. The molecule has 8 aliphatic rings. The summed E-state index contributed by atoms with van der Waals surface area (Å²) in [6.45, 7) is 0.0681. The number of alkyl halides is 1. The van der Waals surface area contributed by atoms with Gasteiger partial charge in [0.2, 0.25) is 11.7 Å². The molecule has 16 rings (SSSR count). The Labute approximate surface area is 487 Å². The first-order valence-electron chi connectivity index (χ1n) is 28.1. The lowest BCUT2D eigenvalue weighted by Crippen LogP contribution is -2.40. The summed E-state index contributed by atoms with van der Waals surface area (Å²) in [6.07, 6.45) is 22.1. The molecule has 0 radical (unpaired) electrons. The zero-order chi connectivity index (χ0) is 58.3. The smallest absolute Gasteiger partial charge is 0.287 e. The number of carbonyl (C=O) groups excluding carboxylic acids is 4. The highest BCUT2D eigenvalue weighted by atomic mass is 79.9. The van der Waals surface area contributed by atoms with Crippen LogP contribution in [0, 0.1) is 35.1 Å². The third kappa shape index (κ3) is 11.3. The number of carbonyl (C=O) groups is 4. The Kier molecular flexibility index (Phi) is 15.8. The van der Waals surface area contributed by atoms with Crippen LogP contribution in [0.1, 0.15) is 144 Å². The molecular formula is C60H57BrF4N14O5. The average molecular weight is 1210 g/mol. The van der Waals surface area contributed by atoms with Crippen molar-refractivity contribution in [2.75, 3.05) is 19.0 Å². The van der Waals surface area contributed by atoms with Crippen LogP contribution in [0.2, 0.25) is 0 Å². The Bertz CT molecular complexity index is 3790. The minimum absolute atomic E-state index is 0.0681. The van der Waals surface area contributed by atoms with Gasteiger partial charge in [0.15, 0.2) is 23.1 Å². The molecule has 8 aromatic heterocycles. The van der Waals surface area contributed by atoms with Gasteiger partial charge in [-0.15, -0.1) is 10.2 Å². The number of Topliss-reactive ketones (excluding diaryl/α,β-unsaturated/α-hetero) is 2. The molecule has 8 atom stereocenters. The van der Waals surface area contributed by atoms with Gasteiger partial charge in [0.05, 0.1) is 66.9 Å². The summed E-state index contributed by atoms with van der Waals surface area (Å²) in [5, 5.41) is 8.09. The number of pyridine rings is 5. The van der Waals surface area contributed by atoms with Crippen molar-refractivity contribution in [3.63, 3.8) is 0 Å². The third-order valence-corrected chi connectivity index (χ3v) is 17.6. The van der Waals surface area contributed by atoms with Gasteiger partial charge in [-0.05, 0) is 138 Å². The number of piperidine rings is 1.